The van der Waals surface area contributed by atoms with E-state index in [2.05, 4.69) is 4.98 Å². The van der Waals surface area contributed by atoms with E-state index in [-0.39, 0.29) is 22.0 Å². The number of aromatic nitrogens is 1. The van der Waals surface area contributed by atoms with Crippen LogP contribution in [0.1, 0.15) is 17.6 Å². The van der Waals surface area contributed by atoms with Gasteiger partial charge in [-0.3, -0.25) is 0 Å². The number of alkyl halides is 3. The number of hydrogen-bond donors (Lipinski definition) is 0. The van der Waals surface area contributed by atoms with Crippen molar-refractivity contribution in [2.75, 3.05) is 0 Å². The van der Waals surface area contributed by atoms with Crippen LogP contribution in [0.3, 0.4) is 0 Å². The van der Waals surface area contributed by atoms with Gasteiger partial charge >= 0.3 is 0 Å². The lowest BCUT2D eigenvalue weighted by atomic mass is 10.2. The van der Waals surface area contributed by atoms with Crippen LogP contribution in [0.5, 0.6) is 0 Å². The minimum Gasteiger partial charge on any atom is -0.248 e. The Morgan fingerprint density at radius 2 is 2.15 bits per heavy atom. The van der Waals surface area contributed by atoms with Gasteiger partial charge in [0.25, 0.3) is 6.43 Å². The third kappa shape index (κ3) is 2.41. The molecule has 0 aromatic carbocycles. The van der Waals surface area contributed by atoms with Gasteiger partial charge in [-0.15, -0.1) is 11.6 Å². The molecule has 0 aliphatic carbocycles. The Kier molecular flexibility index (Phi) is 4.12. The van der Waals surface area contributed by atoms with Gasteiger partial charge < -0.3 is 0 Å². The Labute approximate surface area is 97.6 Å². The van der Waals surface area contributed by atoms with Gasteiger partial charge in [0.15, 0.2) is 0 Å². The first-order chi connectivity index (χ1) is 6.07. The fourth-order valence-corrected chi connectivity index (χ4v) is 1.88. The highest BCUT2D eigenvalue weighted by Crippen LogP contribution is 2.31. The molecule has 0 saturated heterocycles. The second kappa shape index (κ2) is 4.70. The third-order valence-corrected chi connectivity index (χ3v) is 3.29. The number of rotatable bonds is 2. The first-order valence-electron chi connectivity index (χ1n) is 3.24. The highest BCUT2D eigenvalue weighted by Gasteiger charge is 2.17. The van der Waals surface area contributed by atoms with Gasteiger partial charge in [0.05, 0.1) is 5.02 Å². The molecule has 1 heterocycles. The van der Waals surface area contributed by atoms with Gasteiger partial charge in [0, 0.05) is 17.6 Å². The van der Waals surface area contributed by atoms with Crippen molar-refractivity contribution in [3.63, 3.8) is 0 Å². The monoisotopic (exact) mass is 337 g/mol. The predicted molar refractivity (Wildman–Crippen MR) is 56.5 cm³/mol. The topological polar surface area (TPSA) is 12.9 Å². The molecule has 1 nitrogen and oxygen atoms in total. The highest BCUT2D eigenvalue weighted by molar-refractivity contribution is 14.1. The van der Waals surface area contributed by atoms with Crippen LogP contribution in [-0.4, -0.2) is 4.98 Å². The average molecular weight is 338 g/mol. The van der Waals surface area contributed by atoms with Crippen LogP contribution in [0, 0.1) is 3.70 Å². The summed E-state index contributed by atoms with van der Waals surface area (Å²) in [6, 6.07) is 0. The number of nitrogens with zero attached hydrogens (tertiary/aromatic N) is 1. The lowest BCUT2D eigenvalue weighted by Gasteiger charge is -2.08. The summed E-state index contributed by atoms with van der Waals surface area (Å²) in [6.45, 7) is 0. The fraction of sp³-hybridized carbons (Fsp3) is 0.286. The van der Waals surface area contributed by atoms with Crippen LogP contribution < -0.4 is 0 Å². The molecule has 0 atom stereocenters. The van der Waals surface area contributed by atoms with Crippen molar-refractivity contribution < 1.29 is 8.78 Å². The summed E-state index contributed by atoms with van der Waals surface area (Å²) in [5, 5.41) is 0.216. The molecule has 0 bridgehead atoms. The van der Waals surface area contributed by atoms with Crippen molar-refractivity contribution in [1.82, 2.24) is 4.98 Å². The van der Waals surface area contributed by atoms with Crippen LogP contribution in [0.25, 0.3) is 0 Å². The summed E-state index contributed by atoms with van der Waals surface area (Å²) >= 11 is 13.1. The van der Waals surface area contributed by atoms with Crippen LogP contribution in [0.15, 0.2) is 6.20 Å². The Morgan fingerprint density at radius 1 is 1.54 bits per heavy atom. The normalized spacial score (nSPS) is 10.9. The van der Waals surface area contributed by atoms with E-state index in [1.54, 1.807) is 0 Å². The molecule has 0 unspecified atom stereocenters. The summed E-state index contributed by atoms with van der Waals surface area (Å²) < 4.78 is 25.2. The molecule has 72 valence electrons. The van der Waals surface area contributed by atoms with Crippen molar-refractivity contribution in [2.24, 2.45) is 0 Å². The fourth-order valence-electron chi connectivity index (χ4n) is 0.836. The average Bonchev–Trinajstić information content (AvgIpc) is 2.09. The smallest absolute Gasteiger partial charge is 0.248 e. The van der Waals surface area contributed by atoms with Crippen LogP contribution >= 0.6 is 45.8 Å². The quantitative estimate of drug-likeness (QED) is 0.451. The maximum Gasteiger partial charge on any atom is 0.265 e. The number of hydrogen-bond acceptors (Lipinski definition) is 1. The molecule has 0 N–H and O–H groups in total. The van der Waals surface area contributed by atoms with Gasteiger partial charge in [0.1, 0.15) is 3.70 Å². The van der Waals surface area contributed by atoms with Gasteiger partial charge in [-0.05, 0) is 28.2 Å². The Hall–Kier alpha value is 0.320. The van der Waals surface area contributed by atoms with Gasteiger partial charge in [-0.25, -0.2) is 13.8 Å². The lowest BCUT2D eigenvalue weighted by Crippen LogP contribution is -1.97. The van der Waals surface area contributed by atoms with Crippen molar-refractivity contribution in [2.45, 2.75) is 12.3 Å². The third-order valence-electron chi connectivity index (χ3n) is 1.48. The van der Waals surface area contributed by atoms with E-state index in [9.17, 15) is 8.78 Å². The Bertz CT molecular complexity index is 320. The molecule has 0 aliphatic rings. The Morgan fingerprint density at radius 3 is 2.62 bits per heavy atom. The number of halogens is 5. The Balaban J connectivity index is 3.30. The summed E-state index contributed by atoms with van der Waals surface area (Å²) in [5.74, 6) is -0.0307. The summed E-state index contributed by atoms with van der Waals surface area (Å²) in [5.41, 5.74) is 0.0677. The van der Waals surface area contributed by atoms with E-state index in [1.807, 2.05) is 22.6 Å². The van der Waals surface area contributed by atoms with Crippen molar-refractivity contribution in [1.29, 1.82) is 0 Å². The molecule has 0 aliphatic heterocycles. The summed E-state index contributed by atoms with van der Waals surface area (Å²) in [7, 11) is 0. The maximum absolute atomic E-state index is 12.4. The zero-order chi connectivity index (χ0) is 10.0. The van der Waals surface area contributed by atoms with E-state index in [0.29, 0.717) is 3.70 Å². The summed E-state index contributed by atoms with van der Waals surface area (Å²) in [4.78, 5) is 3.72. The molecule has 0 saturated carbocycles. The molecule has 0 amide bonds. The van der Waals surface area contributed by atoms with E-state index in [0.717, 1.165) is 6.20 Å². The molecular formula is C7H4Cl2F2IN. The van der Waals surface area contributed by atoms with Crippen molar-refractivity contribution >= 4 is 45.8 Å². The van der Waals surface area contributed by atoms with Crippen LogP contribution in [-0.2, 0) is 5.88 Å². The van der Waals surface area contributed by atoms with Gasteiger partial charge in [-0.1, -0.05) is 11.6 Å². The lowest BCUT2D eigenvalue weighted by molar-refractivity contribution is 0.150. The second-order valence-corrected chi connectivity index (χ2v) is 3.90. The summed E-state index contributed by atoms with van der Waals surface area (Å²) in [6.07, 6.45) is -1.48. The van der Waals surface area contributed by atoms with E-state index in [4.69, 9.17) is 23.2 Å². The largest absolute Gasteiger partial charge is 0.265 e. The van der Waals surface area contributed by atoms with Crippen molar-refractivity contribution in [3.8, 4) is 0 Å². The van der Waals surface area contributed by atoms with Crippen molar-refractivity contribution in [3.05, 3.63) is 26.0 Å². The van der Waals surface area contributed by atoms with E-state index < -0.39 is 6.43 Å². The van der Waals surface area contributed by atoms with Gasteiger partial charge in [0.2, 0.25) is 0 Å². The molecule has 6 heteroatoms. The van der Waals surface area contributed by atoms with Crippen LogP contribution in [0.2, 0.25) is 5.02 Å². The first kappa shape index (κ1) is 11.4. The zero-order valence-corrected chi connectivity index (χ0v) is 9.87. The highest BCUT2D eigenvalue weighted by atomic mass is 127. The molecular weight excluding hydrogens is 334 g/mol. The molecule has 0 fully saturated rings. The zero-order valence-electron chi connectivity index (χ0n) is 6.20. The minimum atomic E-state index is -2.59. The number of pyridine rings is 1. The molecule has 1 rings (SSSR count). The molecule has 13 heavy (non-hydrogen) atoms. The molecule has 1 aromatic heterocycles. The van der Waals surface area contributed by atoms with E-state index in [1.165, 1.54) is 0 Å². The SMILES string of the molecule is FC(F)c1cnc(I)c(Cl)c1CCl. The minimum absolute atomic E-state index is 0.0307. The second-order valence-electron chi connectivity index (χ2n) is 2.23. The maximum atomic E-state index is 12.4. The standard InChI is InChI=1S/C7H4Cl2F2IN/c8-1-3-4(6(10)11)2-13-7(12)5(3)9/h2,6H,1H2. The molecule has 0 spiro atoms. The molecule has 1 aromatic rings. The predicted octanol–water partition coefficient (Wildman–Crippen LogP) is 4.02. The van der Waals surface area contributed by atoms with E-state index >= 15 is 0 Å². The first-order valence-corrected chi connectivity index (χ1v) is 5.24. The van der Waals surface area contributed by atoms with Gasteiger partial charge in [-0.2, -0.15) is 0 Å². The van der Waals surface area contributed by atoms with Crippen LogP contribution in [0.4, 0.5) is 8.78 Å². The molecule has 0 radical (unpaired) electrons.